The Morgan fingerprint density at radius 2 is 2.20 bits per heavy atom. The Morgan fingerprint density at radius 3 is 2.80 bits per heavy atom. The molecule has 4 nitrogen and oxygen atoms in total. The smallest absolute Gasteiger partial charge is 0.266 e. The number of hydrogen-bond donors (Lipinski definition) is 2. The van der Waals surface area contributed by atoms with E-state index >= 15 is 0 Å². The maximum Gasteiger partial charge on any atom is 0.266 e. The van der Waals surface area contributed by atoms with Crippen LogP contribution in [0, 0.1) is 0 Å². The number of nitrogens with two attached hydrogens (primary N) is 1. The zero-order valence-corrected chi connectivity index (χ0v) is 12.8. The lowest BCUT2D eigenvalue weighted by molar-refractivity contribution is 0.0728. The molecule has 2 aromatic rings. The Kier molecular flexibility index (Phi) is 4.86. The van der Waals surface area contributed by atoms with Gasteiger partial charge in [0.1, 0.15) is 4.88 Å². The van der Waals surface area contributed by atoms with Gasteiger partial charge in [-0.2, -0.15) is 0 Å². The minimum absolute atomic E-state index is 0.0582. The molecule has 0 saturated carbocycles. The van der Waals surface area contributed by atoms with Gasteiger partial charge in [-0.1, -0.05) is 24.6 Å². The highest BCUT2D eigenvalue weighted by Gasteiger charge is 2.22. The maximum atomic E-state index is 12.5. The normalized spacial score (nSPS) is 10.9. The molecule has 0 radical (unpaired) electrons. The Bertz CT molecular complexity index is 621. The van der Waals surface area contributed by atoms with Crippen molar-refractivity contribution in [3.05, 3.63) is 28.1 Å². The zero-order valence-electron chi connectivity index (χ0n) is 11.2. The summed E-state index contributed by atoms with van der Waals surface area (Å²) in [5.74, 6) is -0.143. The number of thiophene rings is 1. The van der Waals surface area contributed by atoms with E-state index in [0.717, 1.165) is 16.5 Å². The summed E-state index contributed by atoms with van der Waals surface area (Å²) >= 11 is 7.49. The Labute approximate surface area is 126 Å². The van der Waals surface area contributed by atoms with Crippen LogP contribution in [0.3, 0.4) is 0 Å². The molecular weight excluding hydrogens is 296 g/mol. The number of carbonyl (C=O) groups is 1. The first kappa shape index (κ1) is 15.1. The number of amides is 1. The third-order valence-corrected chi connectivity index (χ3v) is 4.52. The van der Waals surface area contributed by atoms with Gasteiger partial charge in [0, 0.05) is 23.2 Å². The molecule has 1 aromatic carbocycles. The van der Waals surface area contributed by atoms with Crippen molar-refractivity contribution >= 4 is 44.6 Å². The summed E-state index contributed by atoms with van der Waals surface area (Å²) in [6.07, 6.45) is 0.831. The molecule has 1 aromatic heterocycles. The number of halogens is 1. The Balaban J connectivity index is 2.44. The molecule has 0 fully saturated rings. The van der Waals surface area contributed by atoms with Crippen LogP contribution in [0.25, 0.3) is 10.1 Å². The molecule has 0 aliphatic carbocycles. The van der Waals surface area contributed by atoms with E-state index in [4.69, 9.17) is 22.4 Å². The summed E-state index contributed by atoms with van der Waals surface area (Å²) in [6, 6.07) is 5.50. The molecule has 0 saturated heterocycles. The number of nitrogen functional groups attached to an aromatic ring is 1. The SMILES string of the molecule is CCCN(CCO)C(=O)c1sc2cccc(Cl)c2c1N. The van der Waals surface area contributed by atoms with Crippen LogP contribution in [0.4, 0.5) is 5.69 Å². The molecule has 3 N–H and O–H groups in total. The fourth-order valence-corrected chi connectivity index (χ4v) is 3.59. The van der Waals surface area contributed by atoms with Gasteiger partial charge < -0.3 is 15.7 Å². The van der Waals surface area contributed by atoms with Crippen molar-refractivity contribution in [2.24, 2.45) is 0 Å². The largest absolute Gasteiger partial charge is 0.397 e. The number of nitrogens with zero attached hydrogens (tertiary/aromatic N) is 1. The second-order valence-electron chi connectivity index (χ2n) is 4.47. The number of rotatable bonds is 5. The minimum Gasteiger partial charge on any atom is -0.397 e. The van der Waals surface area contributed by atoms with Crippen molar-refractivity contribution in [3.8, 4) is 0 Å². The molecule has 108 valence electrons. The van der Waals surface area contributed by atoms with Crippen LogP contribution in [-0.4, -0.2) is 35.6 Å². The van der Waals surface area contributed by atoms with E-state index in [0.29, 0.717) is 28.7 Å². The van der Waals surface area contributed by atoms with E-state index in [1.54, 1.807) is 11.0 Å². The molecule has 20 heavy (non-hydrogen) atoms. The average molecular weight is 313 g/mol. The number of fused-ring (bicyclic) bond motifs is 1. The van der Waals surface area contributed by atoms with Gasteiger partial charge in [-0.25, -0.2) is 0 Å². The summed E-state index contributed by atoms with van der Waals surface area (Å²) in [7, 11) is 0. The summed E-state index contributed by atoms with van der Waals surface area (Å²) in [5.41, 5.74) is 6.52. The van der Waals surface area contributed by atoms with Crippen LogP contribution in [0.15, 0.2) is 18.2 Å². The third kappa shape index (κ3) is 2.75. The van der Waals surface area contributed by atoms with E-state index in [2.05, 4.69) is 0 Å². The first-order valence-corrected chi connectivity index (χ1v) is 7.66. The third-order valence-electron chi connectivity index (χ3n) is 3.05. The molecule has 0 bridgehead atoms. The molecule has 0 aliphatic rings. The van der Waals surface area contributed by atoms with Crippen LogP contribution < -0.4 is 5.73 Å². The van der Waals surface area contributed by atoms with Gasteiger partial charge in [0.25, 0.3) is 5.91 Å². The van der Waals surface area contributed by atoms with Crippen molar-refractivity contribution in [2.75, 3.05) is 25.4 Å². The van der Waals surface area contributed by atoms with E-state index in [1.807, 2.05) is 19.1 Å². The van der Waals surface area contributed by atoms with Crippen LogP contribution in [0.1, 0.15) is 23.0 Å². The lowest BCUT2D eigenvalue weighted by Crippen LogP contribution is -2.34. The number of carbonyl (C=O) groups excluding carboxylic acids is 1. The van der Waals surface area contributed by atoms with Crippen molar-refractivity contribution in [3.63, 3.8) is 0 Å². The number of hydrogen-bond acceptors (Lipinski definition) is 4. The lowest BCUT2D eigenvalue weighted by Gasteiger charge is -2.20. The first-order chi connectivity index (χ1) is 9.60. The van der Waals surface area contributed by atoms with Gasteiger partial charge in [0.05, 0.1) is 17.3 Å². The molecule has 1 heterocycles. The van der Waals surface area contributed by atoms with Gasteiger partial charge in [-0.15, -0.1) is 11.3 Å². The van der Waals surface area contributed by atoms with Crippen molar-refractivity contribution in [1.82, 2.24) is 4.90 Å². The number of aliphatic hydroxyl groups excluding tert-OH is 1. The Hall–Kier alpha value is -1.30. The predicted molar refractivity (Wildman–Crippen MR) is 84.5 cm³/mol. The minimum atomic E-state index is -0.143. The fourth-order valence-electron chi connectivity index (χ4n) is 2.14. The summed E-state index contributed by atoms with van der Waals surface area (Å²) in [4.78, 5) is 14.6. The number of aliphatic hydroxyl groups is 1. The predicted octanol–water partition coefficient (Wildman–Crippen LogP) is 2.98. The molecular formula is C14H17ClN2O2S. The van der Waals surface area contributed by atoms with Crippen LogP contribution >= 0.6 is 22.9 Å². The van der Waals surface area contributed by atoms with Crippen LogP contribution in [0.2, 0.25) is 5.02 Å². The van der Waals surface area contributed by atoms with Gasteiger partial charge >= 0.3 is 0 Å². The highest BCUT2D eigenvalue weighted by molar-refractivity contribution is 7.21. The maximum absolute atomic E-state index is 12.5. The fraction of sp³-hybridized carbons (Fsp3) is 0.357. The van der Waals surface area contributed by atoms with Crippen molar-refractivity contribution < 1.29 is 9.90 Å². The molecule has 0 aliphatic heterocycles. The Morgan fingerprint density at radius 1 is 1.45 bits per heavy atom. The van der Waals surface area contributed by atoms with E-state index in [1.165, 1.54) is 11.3 Å². The zero-order chi connectivity index (χ0) is 14.7. The van der Waals surface area contributed by atoms with Crippen molar-refractivity contribution in [2.45, 2.75) is 13.3 Å². The highest BCUT2D eigenvalue weighted by atomic mass is 35.5. The van der Waals surface area contributed by atoms with Crippen LogP contribution in [0.5, 0.6) is 0 Å². The van der Waals surface area contributed by atoms with Gasteiger partial charge in [0.15, 0.2) is 0 Å². The monoisotopic (exact) mass is 312 g/mol. The number of benzene rings is 1. The van der Waals surface area contributed by atoms with Crippen molar-refractivity contribution in [1.29, 1.82) is 0 Å². The standard InChI is InChI=1S/C14H17ClN2O2S/c1-2-6-17(7-8-18)14(19)13-12(16)11-9(15)4-3-5-10(11)20-13/h3-5,18H,2,6-8,16H2,1H3. The highest BCUT2D eigenvalue weighted by Crippen LogP contribution is 2.38. The second-order valence-corrected chi connectivity index (χ2v) is 5.93. The average Bonchev–Trinajstić information content (AvgIpc) is 2.76. The second kappa shape index (κ2) is 6.43. The molecule has 0 spiro atoms. The van der Waals surface area contributed by atoms with Gasteiger partial charge in [0.2, 0.25) is 0 Å². The molecule has 2 rings (SSSR count). The van der Waals surface area contributed by atoms with E-state index in [9.17, 15) is 4.79 Å². The van der Waals surface area contributed by atoms with E-state index in [-0.39, 0.29) is 12.5 Å². The summed E-state index contributed by atoms with van der Waals surface area (Å²) in [6.45, 7) is 2.84. The van der Waals surface area contributed by atoms with E-state index < -0.39 is 0 Å². The summed E-state index contributed by atoms with van der Waals surface area (Å²) in [5, 5.41) is 10.4. The first-order valence-electron chi connectivity index (χ1n) is 6.46. The molecule has 0 atom stereocenters. The quantitative estimate of drug-likeness (QED) is 0.892. The van der Waals surface area contributed by atoms with Crippen LogP contribution in [-0.2, 0) is 0 Å². The van der Waals surface area contributed by atoms with Gasteiger partial charge in [-0.05, 0) is 18.6 Å². The number of anilines is 1. The topological polar surface area (TPSA) is 66.6 Å². The molecule has 1 amide bonds. The molecule has 0 unspecified atom stereocenters. The molecule has 6 heteroatoms. The lowest BCUT2D eigenvalue weighted by atomic mass is 10.2. The summed E-state index contributed by atoms with van der Waals surface area (Å²) < 4.78 is 0.902. The van der Waals surface area contributed by atoms with Gasteiger partial charge in [-0.3, -0.25) is 4.79 Å².